The fourth-order valence-corrected chi connectivity index (χ4v) is 4.26. The van der Waals surface area contributed by atoms with Gasteiger partial charge in [0.15, 0.2) is 0 Å². The van der Waals surface area contributed by atoms with Crippen molar-refractivity contribution in [2.45, 2.75) is 31.6 Å². The molecule has 22 heavy (non-hydrogen) atoms. The number of nitro benzene ring substituents is 1. The predicted molar refractivity (Wildman–Crippen MR) is 83.7 cm³/mol. The number of piperidine rings is 1. The molecule has 0 amide bonds. The number of non-ortho nitro benzene ring substituents is 1. The van der Waals surface area contributed by atoms with Crippen molar-refractivity contribution in [3.8, 4) is 0 Å². The molecule has 1 atom stereocenters. The molecule has 0 radical (unpaired) electrons. The Kier molecular flexibility index (Phi) is 5.15. The van der Waals surface area contributed by atoms with Gasteiger partial charge >= 0.3 is 0 Å². The second-order valence-electron chi connectivity index (χ2n) is 5.78. The summed E-state index contributed by atoms with van der Waals surface area (Å²) in [6.45, 7) is 2.93. The molecular formula is C14H21N3O4S. The monoisotopic (exact) mass is 327 g/mol. The normalized spacial score (nSPS) is 19.0. The van der Waals surface area contributed by atoms with Crippen LogP contribution in [-0.2, 0) is 15.8 Å². The molecule has 1 unspecified atom stereocenters. The Bertz CT molecular complexity index is 620. The van der Waals surface area contributed by atoms with E-state index in [0.717, 1.165) is 12.8 Å². The Balaban J connectivity index is 2.01. The van der Waals surface area contributed by atoms with Crippen molar-refractivity contribution in [1.29, 1.82) is 0 Å². The highest BCUT2D eigenvalue weighted by atomic mass is 32.2. The smallest absolute Gasteiger partial charge is 0.269 e. The molecule has 0 aliphatic carbocycles. The third kappa shape index (κ3) is 4.02. The molecule has 2 N–H and O–H groups in total. The number of nitrogens with zero attached hydrogens (tertiary/aromatic N) is 2. The zero-order valence-electron chi connectivity index (χ0n) is 12.5. The first-order chi connectivity index (χ1) is 10.3. The molecule has 1 heterocycles. The van der Waals surface area contributed by atoms with E-state index in [1.165, 1.54) is 28.6 Å². The molecule has 1 aromatic carbocycles. The van der Waals surface area contributed by atoms with Gasteiger partial charge in [-0.25, -0.2) is 12.7 Å². The quantitative estimate of drug-likeness (QED) is 0.651. The predicted octanol–water partition coefficient (Wildman–Crippen LogP) is 1.48. The molecular weight excluding hydrogens is 306 g/mol. The van der Waals surface area contributed by atoms with Crippen molar-refractivity contribution >= 4 is 15.7 Å². The van der Waals surface area contributed by atoms with Crippen molar-refractivity contribution in [3.63, 3.8) is 0 Å². The molecule has 1 aliphatic heterocycles. The lowest BCUT2D eigenvalue weighted by atomic mass is 9.92. The van der Waals surface area contributed by atoms with Crippen LogP contribution >= 0.6 is 0 Å². The van der Waals surface area contributed by atoms with Gasteiger partial charge in [0.1, 0.15) is 0 Å². The number of hydrogen-bond donors (Lipinski definition) is 1. The summed E-state index contributed by atoms with van der Waals surface area (Å²) in [4.78, 5) is 10.1. The number of nitrogens with two attached hydrogens (primary N) is 1. The van der Waals surface area contributed by atoms with Gasteiger partial charge < -0.3 is 5.73 Å². The van der Waals surface area contributed by atoms with Gasteiger partial charge in [0, 0.05) is 31.3 Å². The molecule has 1 saturated heterocycles. The van der Waals surface area contributed by atoms with Crippen LogP contribution in [0.25, 0.3) is 0 Å². The van der Waals surface area contributed by atoms with Crippen LogP contribution in [0.4, 0.5) is 5.69 Å². The third-order valence-corrected chi connectivity index (χ3v) is 5.98. The molecule has 122 valence electrons. The number of nitro groups is 1. The Morgan fingerprint density at radius 2 is 1.86 bits per heavy atom. The summed E-state index contributed by atoms with van der Waals surface area (Å²) in [7, 11) is -3.40. The molecule has 2 rings (SSSR count). The van der Waals surface area contributed by atoms with E-state index in [2.05, 4.69) is 0 Å². The van der Waals surface area contributed by atoms with E-state index in [1.807, 2.05) is 6.92 Å². The lowest BCUT2D eigenvalue weighted by Crippen LogP contribution is -2.42. The maximum atomic E-state index is 12.4. The highest BCUT2D eigenvalue weighted by Gasteiger charge is 2.29. The molecule has 0 saturated carbocycles. The van der Waals surface area contributed by atoms with Crippen molar-refractivity contribution in [2.24, 2.45) is 11.7 Å². The highest BCUT2D eigenvalue weighted by Crippen LogP contribution is 2.23. The summed E-state index contributed by atoms with van der Waals surface area (Å²) in [6, 6.07) is 5.72. The number of hydrogen-bond acceptors (Lipinski definition) is 5. The number of benzene rings is 1. The van der Waals surface area contributed by atoms with E-state index in [4.69, 9.17) is 5.73 Å². The van der Waals surface area contributed by atoms with Gasteiger partial charge in [0.05, 0.1) is 10.7 Å². The average Bonchev–Trinajstić information content (AvgIpc) is 2.47. The molecule has 8 heteroatoms. The summed E-state index contributed by atoms with van der Waals surface area (Å²) < 4.78 is 26.3. The van der Waals surface area contributed by atoms with Crippen molar-refractivity contribution in [2.75, 3.05) is 13.1 Å². The van der Waals surface area contributed by atoms with E-state index >= 15 is 0 Å². The first-order valence-corrected chi connectivity index (χ1v) is 8.87. The van der Waals surface area contributed by atoms with Crippen molar-refractivity contribution in [3.05, 3.63) is 39.9 Å². The Morgan fingerprint density at radius 3 is 2.32 bits per heavy atom. The van der Waals surface area contributed by atoms with Crippen LogP contribution in [0.1, 0.15) is 25.3 Å². The summed E-state index contributed by atoms with van der Waals surface area (Å²) in [5, 5.41) is 10.6. The van der Waals surface area contributed by atoms with Crippen LogP contribution in [0, 0.1) is 16.0 Å². The minimum atomic E-state index is -3.40. The molecule has 1 aromatic rings. The minimum Gasteiger partial charge on any atom is -0.328 e. The Hall–Kier alpha value is -1.51. The zero-order valence-corrected chi connectivity index (χ0v) is 13.3. The molecule has 1 aliphatic rings. The van der Waals surface area contributed by atoms with Crippen molar-refractivity contribution in [1.82, 2.24) is 4.31 Å². The van der Waals surface area contributed by atoms with E-state index in [0.29, 0.717) is 24.6 Å². The molecule has 0 aromatic heterocycles. The van der Waals surface area contributed by atoms with Crippen molar-refractivity contribution < 1.29 is 13.3 Å². The van der Waals surface area contributed by atoms with E-state index in [9.17, 15) is 18.5 Å². The fourth-order valence-electron chi connectivity index (χ4n) is 2.70. The zero-order chi connectivity index (χ0) is 16.3. The van der Waals surface area contributed by atoms with Gasteiger partial charge in [-0.05, 0) is 31.2 Å². The second kappa shape index (κ2) is 6.72. The van der Waals surface area contributed by atoms with Gasteiger partial charge in [-0.15, -0.1) is 0 Å². The van der Waals surface area contributed by atoms with Gasteiger partial charge in [-0.3, -0.25) is 10.1 Å². The van der Waals surface area contributed by atoms with Gasteiger partial charge in [-0.2, -0.15) is 0 Å². The standard InChI is InChI=1S/C14H21N3O4S/c1-11(15)13-6-8-16(9-7-13)22(20,21)10-12-2-4-14(5-3-12)17(18)19/h2-5,11,13H,6-10,15H2,1H3. The van der Waals surface area contributed by atoms with E-state index in [-0.39, 0.29) is 17.5 Å². The maximum absolute atomic E-state index is 12.4. The Labute approximate surface area is 130 Å². The first kappa shape index (κ1) is 16.9. The highest BCUT2D eigenvalue weighted by molar-refractivity contribution is 7.88. The van der Waals surface area contributed by atoms with E-state index in [1.54, 1.807) is 0 Å². The molecule has 0 bridgehead atoms. The summed E-state index contributed by atoms with van der Waals surface area (Å²) in [6.07, 6.45) is 1.55. The summed E-state index contributed by atoms with van der Waals surface area (Å²) >= 11 is 0. The molecule has 1 fully saturated rings. The molecule has 7 nitrogen and oxygen atoms in total. The van der Waals surface area contributed by atoms with Crippen LogP contribution in [0.15, 0.2) is 24.3 Å². The first-order valence-electron chi connectivity index (χ1n) is 7.26. The fraction of sp³-hybridized carbons (Fsp3) is 0.571. The Morgan fingerprint density at radius 1 is 1.32 bits per heavy atom. The van der Waals surface area contributed by atoms with Gasteiger partial charge in [0.25, 0.3) is 5.69 Å². The van der Waals surface area contributed by atoms with Crippen LogP contribution in [-0.4, -0.2) is 36.8 Å². The van der Waals surface area contributed by atoms with Crippen LogP contribution in [0.2, 0.25) is 0 Å². The maximum Gasteiger partial charge on any atom is 0.269 e. The van der Waals surface area contributed by atoms with Crippen LogP contribution < -0.4 is 5.73 Å². The average molecular weight is 327 g/mol. The van der Waals surface area contributed by atoms with Gasteiger partial charge in [0.2, 0.25) is 10.0 Å². The van der Waals surface area contributed by atoms with Crippen LogP contribution in [0.5, 0.6) is 0 Å². The molecule has 0 spiro atoms. The largest absolute Gasteiger partial charge is 0.328 e. The second-order valence-corrected chi connectivity index (χ2v) is 7.74. The third-order valence-electron chi connectivity index (χ3n) is 4.13. The minimum absolute atomic E-state index is 0.0427. The SMILES string of the molecule is CC(N)C1CCN(S(=O)(=O)Cc2ccc([N+](=O)[O-])cc2)CC1. The van der Waals surface area contributed by atoms with Gasteiger partial charge in [-0.1, -0.05) is 12.1 Å². The summed E-state index contributed by atoms with van der Waals surface area (Å²) in [5.41, 5.74) is 6.37. The number of sulfonamides is 1. The lowest BCUT2D eigenvalue weighted by molar-refractivity contribution is -0.384. The topological polar surface area (TPSA) is 107 Å². The van der Waals surface area contributed by atoms with Crippen LogP contribution in [0.3, 0.4) is 0 Å². The number of rotatable bonds is 5. The summed E-state index contributed by atoms with van der Waals surface area (Å²) in [5.74, 6) is 0.235. The lowest BCUT2D eigenvalue weighted by Gasteiger charge is -2.32. The van der Waals surface area contributed by atoms with E-state index < -0.39 is 14.9 Å².